The summed E-state index contributed by atoms with van der Waals surface area (Å²) >= 11 is 5.78. The normalized spacial score (nSPS) is 10.6. The first-order chi connectivity index (χ1) is 6.52. The molecule has 0 aromatic carbocycles. The van der Waals surface area contributed by atoms with E-state index in [0.29, 0.717) is 11.4 Å². The molecule has 0 amide bonds. The van der Waals surface area contributed by atoms with Gasteiger partial charge in [-0.2, -0.15) is 0 Å². The Bertz CT molecular complexity index is 299. The molecule has 1 aromatic heterocycles. The van der Waals surface area contributed by atoms with Crippen molar-refractivity contribution >= 4 is 23.0 Å². The van der Waals surface area contributed by atoms with Gasteiger partial charge in [0.15, 0.2) is 0 Å². The summed E-state index contributed by atoms with van der Waals surface area (Å²) in [5.74, 6) is 0. The van der Waals surface area contributed by atoms with Gasteiger partial charge >= 0.3 is 0 Å². The van der Waals surface area contributed by atoms with E-state index in [4.69, 9.17) is 17.3 Å². The maximum absolute atomic E-state index is 12.1. The van der Waals surface area contributed by atoms with Crippen LogP contribution in [0.25, 0.3) is 0 Å². The highest BCUT2D eigenvalue weighted by Gasteiger charge is 2.14. The first-order valence-electron chi connectivity index (χ1n) is 3.90. The predicted molar refractivity (Wildman–Crippen MR) is 52.9 cm³/mol. The third-order valence-corrected chi connectivity index (χ3v) is 1.97. The van der Waals surface area contributed by atoms with Crippen LogP contribution in [0.3, 0.4) is 0 Å². The quantitative estimate of drug-likeness (QED) is 0.849. The Balaban J connectivity index is 2.94. The molecule has 0 radical (unpaired) electrons. The van der Waals surface area contributed by atoms with Crippen molar-refractivity contribution in [2.24, 2.45) is 0 Å². The van der Waals surface area contributed by atoms with Crippen molar-refractivity contribution in [3.05, 3.63) is 17.4 Å². The fourth-order valence-electron chi connectivity index (χ4n) is 1.14. The van der Waals surface area contributed by atoms with Crippen LogP contribution in [0, 0.1) is 0 Å². The van der Waals surface area contributed by atoms with Gasteiger partial charge in [-0.1, -0.05) is 11.6 Å². The van der Waals surface area contributed by atoms with E-state index in [0.717, 1.165) is 0 Å². The van der Waals surface area contributed by atoms with E-state index in [9.17, 15) is 8.78 Å². The lowest BCUT2D eigenvalue weighted by atomic mass is 10.3. The van der Waals surface area contributed by atoms with Crippen molar-refractivity contribution in [2.45, 2.75) is 6.43 Å². The van der Waals surface area contributed by atoms with E-state index in [1.807, 2.05) is 0 Å². The molecule has 0 spiro atoms. The van der Waals surface area contributed by atoms with Gasteiger partial charge < -0.3 is 10.6 Å². The average molecular weight is 222 g/mol. The van der Waals surface area contributed by atoms with Crippen molar-refractivity contribution in [1.82, 2.24) is 4.98 Å². The van der Waals surface area contributed by atoms with Crippen molar-refractivity contribution < 1.29 is 8.78 Å². The van der Waals surface area contributed by atoms with Crippen LogP contribution in [0.15, 0.2) is 12.4 Å². The molecule has 14 heavy (non-hydrogen) atoms. The Labute approximate surface area is 85.5 Å². The number of hydrogen-bond donors (Lipinski definition) is 1. The second-order valence-corrected chi connectivity index (χ2v) is 3.24. The van der Waals surface area contributed by atoms with E-state index in [-0.39, 0.29) is 5.02 Å². The minimum atomic E-state index is -2.43. The molecule has 0 saturated carbocycles. The van der Waals surface area contributed by atoms with E-state index in [2.05, 4.69) is 4.98 Å². The zero-order valence-corrected chi connectivity index (χ0v) is 8.30. The third kappa shape index (κ3) is 2.45. The molecule has 0 aliphatic rings. The number of rotatable bonds is 3. The molecule has 1 heterocycles. The summed E-state index contributed by atoms with van der Waals surface area (Å²) in [5.41, 5.74) is 6.25. The number of halogens is 3. The Morgan fingerprint density at radius 3 is 2.71 bits per heavy atom. The van der Waals surface area contributed by atoms with E-state index >= 15 is 0 Å². The van der Waals surface area contributed by atoms with Crippen LogP contribution < -0.4 is 10.6 Å². The summed E-state index contributed by atoms with van der Waals surface area (Å²) < 4.78 is 24.2. The lowest BCUT2D eigenvalue weighted by Gasteiger charge is -2.21. The van der Waals surface area contributed by atoms with Crippen molar-refractivity contribution in [3.8, 4) is 0 Å². The highest BCUT2D eigenvalue weighted by atomic mass is 35.5. The SMILES string of the molecule is CN(CC(F)F)c1c(N)cncc1Cl. The van der Waals surface area contributed by atoms with E-state index in [1.165, 1.54) is 24.3 Å². The van der Waals surface area contributed by atoms with Crippen LogP contribution in [-0.4, -0.2) is 25.0 Å². The molecule has 3 nitrogen and oxygen atoms in total. The van der Waals surface area contributed by atoms with Gasteiger partial charge in [-0.15, -0.1) is 0 Å². The zero-order chi connectivity index (χ0) is 10.7. The number of anilines is 2. The summed E-state index contributed by atoms with van der Waals surface area (Å²) in [6, 6.07) is 0. The zero-order valence-electron chi connectivity index (χ0n) is 7.54. The second kappa shape index (κ2) is 4.41. The first-order valence-corrected chi connectivity index (χ1v) is 4.28. The van der Waals surface area contributed by atoms with Gasteiger partial charge in [0, 0.05) is 13.2 Å². The number of alkyl halides is 2. The summed E-state index contributed by atoms with van der Waals surface area (Å²) in [6.07, 6.45) is 0.321. The molecule has 0 fully saturated rings. The molecule has 0 atom stereocenters. The van der Waals surface area contributed by atoms with Crippen LogP contribution in [0.4, 0.5) is 20.2 Å². The van der Waals surface area contributed by atoms with Crippen LogP contribution >= 0.6 is 11.6 Å². The maximum atomic E-state index is 12.1. The van der Waals surface area contributed by atoms with Crippen LogP contribution in [0.1, 0.15) is 0 Å². The molecule has 78 valence electrons. The van der Waals surface area contributed by atoms with E-state index < -0.39 is 13.0 Å². The summed E-state index contributed by atoms with van der Waals surface area (Å²) in [4.78, 5) is 5.04. The molecule has 0 saturated heterocycles. The molecular formula is C8H10ClF2N3. The molecule has 0 unspecified atom stereocenters. The third-order valence-electron chi connectivity index (χ3n) is 1.69. The minimum absolute atomic E-state index is 0.271. The number of nitrogens with zero attached hydrogens (tertiary/aromatic N) is 2. The van der Waals surface area contributed by atoms with Gasteiger partial charge in [-0.05, 0) is 0 Å². The van der Waals surface area contributed by atoms with Crippen LogP contribution in [0.5, 0.6) is 0 Å². The highest BCUT2D eigenvalue weighted by Crippen LogP contribution is 2.29. The molecule has 1 aromatic rings. The van der Waals surface area contributed by atoms with Gasteiger partial charge in [-0.25, -0.2) is 8.78 Å². The van der Waals surface area contributed by atoms with E-state index in [1.54, 1.807) is 0 Å². The lowest BCUT2D eigenvalue weighted by Crippen LogP contribution is -2.25. The Morgan fingerprint density at radius 2 is 2.21 bits per heavy atom. The van der Waals surface area contributed by atoms with Crippen LogP contribution in [0.2, 0.25) is 5.02 Å². The number of nitrogen functional groups attached to an aromatic ring is 1. The fourth-order valence-corrected chi connectivity index (χ4v) is 1.45. The lowest BCUT2D eigenvalue weighted by molar-refractivity contribution is 0.156. The van der Waals surface area contributed by atoms with Crippen molar-refractivity contribution in [1.29, 1.82) is 0 Å². The second-order valence-electron chi connectivity index (χ2n) is 2.83. The number of hydrogen-bond acceptors (Lipinski definition) is 3. The summed E-state index contributed by atoms with van der Waals surface area (Å²) in [7, 11) is 1.50. The van der Waals surface area contributed by atoms with Crippen LogP contribution in [-0.2, 0) is 0 Å². The molecular weight excluding hydrogens is 212 g/mol. The molecule has 0 bridgehead atoms. The van der Waals surface area contributed by atoms with Gasteiger partial charge in [0.05, 0.1) is 29.1 Å². The minimum Gasteiger partial charge on any atom is -0.396 e. The molecule has 6 heteroatoms. The standard InChI is InChI=1S/C8H10ClF2N3/c1-14(4-7(10)11)8-5(9)2-13-3-6(8)12/h2-3,7H,4,12H2,1H3. The topological polar surface area (TPSA) is 42.1 Å². The smallest absolute Gasteiger partial charge is 0.255 e. The highest BCUT2D eigenvalue weighted by molar-refractivity contribution is 6.33. The van der Waals surface area contributed by atoms with Crippen molar-refractivity contribution in [2.75, 3.05) is 24.2 Å². The predicted octanol–water partition coefficient (Wildman–Crippen LogP) is 2.02. The van der Waals surface area contributed by atoms with Gasteiger partial charge in [0.1, 0.15) is 0 Å². The summed E-state index contributed by atoms with van der Waals surface area (Å²) in [5, 5.41) is 0.271. The molecule has 1 rings (SSSR count). The largest absolute Gasteiger partial charge is 0.396 e. The van der Waals surface area contributed by atoms with Gasteiger partial charge in [0.25, 0.3) is 6.43 Å². The fraction of sp³-hybridized carbons (Fsp3) is 0.375. The van der Waals surface area contributed by atoms with Gasteiger partial charge in [-0.3, -0.25) is 4.98 Å². The molecule has 2 N–H and O–H groups in total. The monoisotopic (exact) mass is 221 g/mol. The number of pyridine rings is 1. The van der Waals surface area contributed by atoms with Crippen molar-refractivity contribution in [3.63, 3.8) is 0 Å². The molecule has 0 aliphatic heterocycles. The first kappa shape index (κ1) is 11.0. The molecule has 0 aliphatic carbocycles. The Morgan fingerprint density at radius 1 is 1.57 bits per heavy atom. The number of nitrogens with two attached hydrogens (primary N) is 1. The maximum Gasteiger partial charge on any atom is 0.255 e. The van der Waals surface area contributed by atoms with Gasteiger partial charge in [0.2, 0.25) is 0 Å². The average Bonchev–Trinajstić information content (AvgIpc) is 2.01. The Hall–Kier alpha value is -1.10. The summed E-state index contributed by atoms with van der Waals surface area (Å²) in [6.45, 7) is -0.409. The number of aromatic nitrogens is 1. The Kier molecular flexibility index (Phi) is 3.46.